The summed E-state index contributed by atoms with van der Waals surface area (Å²) >= 11 is 1.19. The van der Waals surface area contributed by atoms with E-state index in [4.69, 9.17) is 0 Å². The van der Waals surface area contributed by atoms with Gasteiger partial charge in [0, 0.05) is 16.8 Å². The third kappa shape index (κ3) is 5.00. The van der Waals surface area contributed by atoms with Crippen LogP contribution in [-0.2, 0) is 16.2 Å². The number of thiazole rings is 1. The Morgan fingerprint density at radius 1 is 0.865 bits per heavy atom. The van der Waals surface area contributed by atoms with Gasteiger partial charge in [-0.25, -0.2) is 4.68 Å². The lowest BCUT2D eigenvalue weighted by molar-refractivity contribution is -0.141. The van der Waals surface area contributed by atoms with E-state index >= 15 is 0 Å². The second-order valence-corrected chi connectivity index (χ2v) is 10.5. The molecule has 0 aliphatic rings. The predicted octanol–water partition coefficient (Wildman–Crippen LogP) is 6.01. The Bertz CT molecular complexity index is 1720. The average Bonchev–Trinajstić information content (AvgIpc) is 3.48. The number of hydrogen-bond acceptors (Lipinski definition) is 4. The standard InChI is InChI=1S/C26H19F3N4O2S2/c1-18-16-24(26(27,28)29)30-33(18)21-12-14-22(15-13-21)37(34,35)31-25-32(20-10-6-3-7-11-20)23(17-36-25)19-8-4-2-5-9-19/h2-17H,1H3/b31-25-. The van der Waals surface area contributed by atoms with E-state index in [1.54, 1.807) is 4.57 Å². The van der Waals surface area contributed by atoms with E-state index in [0.717, 1.165) is 27.7 Å². The van der Waals surface area contributed by atoms with E-state index in [2.05, 4.69) is 9.50 Å². The van der Waals surface area contributed by atoms with E-state index in [0.29, 0.717) is 5.69 Å². The van der Waals surface area contributed by atoms with Gasteiger partial charge in [0.15, 0.2) is 5.69 Å². The maximum Gasteiger partial charge on any atom is 0.435 e. The lowest BCUT2D eigenvalue weighted by atomic mass is 10.1. The van der Waals surface area contributed by atoms with Crippen LogP contribution in [-0.4, -0.2) is 22.8 Å². The van der Waals surface area contributed by atoms with Gasteiger partial charge in [0.2, 0.25) is 4.80 Å². The van der Waals surface area contributed by atoms with E-state index in [9.17, 15) is 21.6 Å². The molecular formula is C26H19F3N4O2S2. The second kappa shape index (κ2) is 9.49. The smallest absolute Gasteiger partial charge is 0.284 e. The van der Waals surface area contributed by atoms with Crippen molar-refractivity contribution in [3.63, 3.8) is 0 Å². The van der Waals surface area contributed by atoms with E-state index in [1.165, 1.54) is 42.5 Å². The summed E-state index contributed by atoms with van der Waals surface area (Å²) in [5, 5.41) is 5.45. The van der Waals surface area contributed by atoms with Crippen LogP contribution in [0.15, 0.2) is 106 Å². The molecule has 5 aromatic rings. The van der Waals surface area contributed by atoms with Gasteiger partial charge in [0.1, 0.15) is 0 Å². The van der Waals surface area contributed by atoms with Gasteiger partial charge in [-0.2, -0.15) is 26.7 Å². The van der Waals surface area contributed by atoms with Crippen molar-refractivity contribution in [2.45, 2.75) is 18.0 Å². The van der Waals surface area contributed by atoms with Crippen LogP contribution in [0.2, 0.25) is 0 Å². The van der Waals surface area contributed by atoms with Crippen molar-refractivity contribution < 1.29 is 21.6 Å². The number of halogens is 3. The van der Waals surface area contributed by atoms with Crippen molar-refractivity contribution in [3.05, 3.63) is 113 Å². The summed E-state index contributed by atoms with van der Waals surface area (Å²) < 4.78 is 72.6. The van der Waals surface area contributed by atoms with Gasteiger partial charge in [-0.05, 0) is 55.0 Å². The summed E-state index contributed by atoms with van der Waals surface area (Å²) in [5.41, 5.74) is 1.99. The highest BCUT2D eigenvalue weighted by atomic mass is 32.2. The summed E-state index contributed by atoms with van der Waals surface area (Å²) in [6, 6.07) is 25.2. The van der Waals surface area contributed by atoms with Gasteiger partial charge < -0.3 is 0 Å². The van der Waals surface area contributed by atoms with Gasteiger partial charge >= 0.3 is 6.18 Å². The lowest BCUT2D eigenvalue weighted by Crippen LogP contribution is -2.16. The molecule has 188 valence electrons. The molecule has 0 saturated carbocycles. The van der Waals surface area contributed by atoms with Gasteiger partial charge in [-0.3, -0.25) is 4.57 Å². The molecule has 0 unspecified atom stereocenters. The molecular weight excluding hydrogens is 521 g/mol. The molecule has 0 bridgehead atoms. The third-order valence-electron chi connectivity index (χ3n) is 5.55. The number of sulfonamides is 1. The van der Waals surface area contributed by atoms with Crippen LogP contribution in [0.1, 0.15) is 11.4 Å². The van der Waals surface area contributed by atoms with Crippen molar-refractivity contribution >= 4 is 21.4 Å². The molecule has 0 saturated heterocycles. The summed E-state index contributed by atoms with van der Waals surface area (Å²) in [5.74, 6) is 0. The third-order valence-corrected chi connectivity index (χ3v) is 7.77. The molecule has 0 spiro atoms. The highest BCUT2D eigenvalue weighted by Crippen LogP contribution is 2.29. The first-order valence-corrected chi connectivity index (χ1v) is 13.3. The van der Waals surface area contributed by atoms with Crippen LogP contribution in [0.25, 0.3) is 22.6 Å². The highest BCUT2D eigenvalue weighted by molar-refractivity contribution is 7.90. The lowest BCUT2D eigenvalue weighted by Gasteiger charge is -2.09. The minimum Gasteiger partial charge on any atom is -0.284 e. The van der Waals surface area contributed by atoms with Crippen molar-refractivity contribution in [2.75, 3.05) is 0 Å². The van der Waals surface area contributed by atoms with E-state index < -0.39 is 21.9 Å². The van der Waals surface area contributed by atoms with Crippen LogP contribution in [0.3, 0.4) is 0 Å². The SMILES string of the molecule is Cc1cc(C(F)(F)F)nn1-c1ccc(S(=O)(=O)/N=c2\scc(-c3ccccc3)n2-c2ccccc2)cc1. The highest BCUT2D eigenvalue weighted by Gasteiger charge is 2.34. The van der Waals surface area contributed by atoms with Crippen LogP contribution in [0.5, 0.6) is 0 Å². The molecule has 2 aromatic heterocycles. The Morgan fingerprint density at radius 3 is 2.08 bits per heavy atom. The predicted molar refractivity (Wildman–Crippen MR) is 135 cm³/mol. The zero-order valence-corrected chi connectivity index (χ0v) is 20.9. The fraction of sp³-hybridized carbons (Fsp3) is 0.0769. The van der Waals surface area contributed by atoms with Crippen LogP contribution < -0.4 is 4.80 Å². The maximum atomic E-state index is 13.2. The Hall–Kier alpha value is -3.96. The monoisotopic (exact) mass is 540 g/mol. The van der Waals surface area contributed by atoms with Gasteiger partial charge in [0.05, 0.1) is 16.3 Å². The summed E-state index contributed by atoms with van der Waals surface area (Å²) in [6.45, 7) is 1.49. The van der Waals surface area contributed by atoms with Gasteiger partial charge in [0.25, 0.3) is 10.0 Å². The topological polar surface area (TPSA) is 69.2 Å². The number of benzene rings is 3. The molecule has 0 aliphatic heterocycles. The minimum atomic E-state index is -4.58. The Balaban J connectivity index is 1.56. The van der Waals surface area contributed by atoms with Crippen molar-refractivity contribution in [3.8, 4) is 22.6 Å². The number of para-hydroxylation sites is 1. The number of alkyl halides is 3. The fourth-order valence-electron chi connectivity index (χ4n) is 3.80. The normalized spacial score (nSPS) is 12.7. The molecule has 2 heterocycles. The maximum absolute atomic E-state index is 13.2. The van der Waals surface area contributed by atoms with Crippen LogP contribution >= 0.6 is 11.3 Å². The number of nitrogens with zero attached hydrogens (tertiary/aromatic N) is 4. The molecule has 6 nitrogen and oxygen atoms in total. The van der Waals surface area contributed by atoms with Crippen molar-refractivity contribution in [1.29, 1.82) is 0 Å². The van der Waals surface area contributed by atoms with E-state index in [1.807, 2.05) is 66.0 Å². The molecule has 11 heteroatoms. The first-order chi connectivity index (χ1) is 17.6. The Morgan fingerprint density at radius 2 is 1.49 bits per heavy atom. The van der Waals surface area contributed by atoms with Crippen molar-refractivity contribution in [1.82, 2.24) is 14.3 Å². The minimum absolute atomic E-state index is 0.0913. The molecule has 37 heavy (non-hydrogen) atoms. The largest absolute Gasteiger partial charge is 0.435 e. The van der Waals surface area contributed by atoms with Crippen LogP contribution in [0.4, 0.5) is 13.2 Å². The fourth-order valence-corrected chi connectivity index (χ4v) is 5.91. The first kappa shape index (κ1) is 24.7. The molecule has 0 N–H and O–H groups in total. The number of aromatic nitrogens is 3. The summed E-state index contributed by atoms with van der Waals surface area (Å²) in [6.07, 6.45) is -4.58. The van der Waals surface area contributed by atoms with Gasteiger partial charge in [-0.15, -0.1) is 15.7 Å². The molecule has 0 aliphatic carbocycles. The van der Waals surface area contributed by atoms with Crippen LogP contribution in [0, 0.1) is 6.92 Å². The molecule has 5 rings (SSSR count). The number of rotatable bonds is 5. The van der Waals surface area contributed by atoms with Gasteiger partial charge in [-0.1, -0.05) is 48.5 Å². The molecule has 0 fully saturated rings. The van der Waals surface area contributed by atoms with Crippen molar-refractivity contribution in [2.24, 2.45) is 4.40 Å². The zero-order valence-electron chi connectivity index (χ0n) is 19.3. The first-order valence-electron chi connectivity index (χ1n) is 11.0. The quantitative estimate of drug-likeness (QED) is 0.274. The Labute approximate surface area is 214 Å². The molecule has 0 radical (unpaired) electrons. The zero-order chi connectivity index (χ0) is 26.2. The molecule has 0 amide bonds. The Kier molecular flexibility index (Phi) is 6.34. The summed E-state index contributed by atoms with van der Waals surface area (Å²) in [7, 11) is -4.13. The number of hydrogen-bond donors (Lipinski definition) is 0. The second-order valence-electron chi connectivity index (χ2n) is 8.08. The average molecular weight is 541 g/mol. The van der Waals surface area contributed by atoms with E-state index in [-0.39, 0.29) is 15.4 Å². The number of aryl methyl sites for hydroxylation is 1. The summed E-state index contributed by atoms with van der Waals surface area (Å²) in [4.78, 5) is 0.165. The molecule has 3 aromatic carbocycles. The molecule has 0 atom stereocenters.